The maximum atomic E-state index is 6.28. The zero-order valence-corrected chi connectivity index (χ0v) is 16.6. The van der Waals surface area contributed by atoms with Crippen molar-refractivity contribution in [1.82, 2.24) is 14.9 Å². The van der Waals surface area contributed by atoms with E-state index in [0.29, 0.717) is 39.4 Å². The second-order valence-electron chi connectivity index (χ2n) is 5.54. The molecule has 9 heteroatoms. The van der Waals surface area contributed by atoms with E-state index in [4.69, 9.17) is 38.0 Å². The summed E-state index contributed by atoms with van der Waals surface area (Å²) in [7, 11) is 4.73. The van der Waals surface area contributed by atoms with E-state index in [9.17, 15) is 0 Å². The minimum absolute atomic E-state index is 0.433. The van der Waals surface area contributed by atoms with Crippen molar-refractivity contribution in [2.24, 2.45) is 0 Å². The van der Waals surface area contributed by atoms with E-state index in [-0.39, 0.29) is 0 Å². The summed E-state index contributed by atoms with van der Waals surface area (Å²) in [5.74, 6) is 2.37. The Labute approximate surface area is 166 Å². The summed E-state index contributed by atoms with van der Waals surface area (Å²) < 4.78 is 18.2. The summed E-state index contributed by atoms with van der Waals surface area (Å²) in [6, 6.07) is 11.2. The van der Waals surface area contributed by atoms with Crippen molar-refractivity contribution in [2.45, 2.75) is 6.54 Å². The van der Waals surface area contributed by atoms with Crippen LogP contribution in [-0.2, 0) is 6.54 Å². The van der Waals surface area contributed by atoms with E-state index in [1.807, 2.05) is 36.4 Å². The van der Waals surface area contributed by atoms with Crippen LogP contribution in [0, 0.1) is 4.77 Å². The van der Waals surface area contributed by atoms with Gasteiger partial charge in [-0.15, -0.1) is 0 Å². The summed E-state index contributed by atoms with van der Waals surface area (Å²) in [6.45, 7) is 0.441. The monoisotopic (exact) mass is 406 g/mol. The number of halogens is 1. The molecule has 1 aromatic heterocycles. The van der Waals surface area contributed by atoms with Crippen LogP contribution in [0.2, 0.25) is 5.02 Å². The van der Waals surface area contributed by atoms with Crippen LogP contribution in [0.25, 0.3) is 11.4 Å². The smallest absolute Gasteiger partial charge is 0.214 e. The van der Waals surface area contributed by atoms with Gasteiger partial charge in [0.25, 0.3) is 0 Å². The zero-order chi connectivity index (χ0) is 19.4. The van der Waals surface area contributed by atoms with Gasteiger partial charge < -0.3 is 19.6 Å². The molecule has 0 aliphatic carbocycles. The molecule has 0 unspecified atom stereocenters. The van der Waals surface area contributed by atoms with Crippen molar-refractivity contribution < 1.29 is 14.2 Å². The molecule has 2 N–H and O–H groups in total. The Morgan fingerprint density at radius 1 is 1.11 bits per heavy atom. The van der Waals surface area contributed by atoms with Crippen molar-refractivity contribution in [2.75, 3.05) is 26.8 Å². The number of benzene rings is 2. The van der Waals surface area contributed by atoms with Gasteiger partial charge in [0.05, 0.1) is 38.5 Å². The highest BCUT2D eigenvalue weighted by atomic mass is 35.5. The third-order valence-corrected chi connectivity index (χ3v) is 4.51. The quantitative estimate of drug-likeness (QED) is 0.577. The minimum atomic E-state index is 0.433. The molecular weight excluding hydrogens is 388 g/mol. The molecule has 0 radical (unpaired) electrons. The highest BCUT2D eigenvalue weighted by Crippen LogP contribution is 2.36. The molecule has 2 aromatic carbocycles. The van der Waals surface area contributed by atoms with Crippen LogP contribution in [0.15, 0.2) is 36.4 Å². The Bertz CT molecular complexity index is 1000. The first kappa shape index (κ1) is 19.1. The lowest BCUT2D eigenvalue weighted by atomic mass is 10.2. The first-order chi connectivity index (χ1) is 13.1. The number of methoxy groups -OCH3 is 3. The lowest BCUT2D eigenvalue weighted by Gasteiger charge is -2.14. The number of para-hydroxylation sites is 1. The lowest BCUT2D eigenvalue weighted by molar-refractivity contribution is 0.354. The normalized spacial score (nSPS) is 10.5. The molecule has 0 amide bonds. The molecule has 0 saturated heterocycles. The summed E-state index contributed by atoms with van der Waals surface area (Å²) in [5.41, 5.74) is 4.96. The number of aromatic amines is 1. The number of nitrogens with zero attached hydrogens (tertiary/aromatic N) is 2. The van der Waals surface area contributed by atoms with E-state index in [2.05, 4.69) is 15.6 Å². The highest BCUT2D eigenvalue weighted by Gasteiger charge is 2.15. The summed E-state index contributed by atoms with van der Waals surface area (Å²) >= 11 is 11.6. The highest BCUT2D eigenvalue weighted by molar-refractivity contribution is 7.71. The molecule has 0 aliphatic heterocycles. The van der Waals surface area contributed by atoms with Gasteiger partial charge in [0.1, 0.15) is 5.75 Å². The number of hydrogen-bond donors (Lipinski definition) is 2. The second-order valence-corrected chi connectivity index (χ2v) is 6.33. The summed E-state index contributed by atoms with van der Waals surface area (Å²) in [6.07, 6.45) is 0. The third kappa shape index (κ3) is 3.86. The maximum Gasteiger partial charge on any atom is 0.214 e. The minimum Gasteiger partial charge on any atom is -0.496 e. The predicted octanol–water partition coefficient (Wildman–Crippen LogP) is 4.03. The van der Waals surface area contributed by atoms with Crippen molar-refractivity contribution in [1.29, 1.82) is 0 Å². The van der Waals surface area contributed by atoms with E-state index in [1.54, 1.807) is 26.0 Å². The maximum absolute atomic E-state index is 6.28. The standard InChI is InChI=1S/C18H19ClN4O3S/c1-24-14-7-5-4-6-12(14)17-21-22-18(27)23(17)20-10-11-8-13(19)16(26-3)15(9-11)25-2/h4-9,20H,10H2,1-3H3,(H,22,27). The topological polar surface area (TPSA) is 73.3 Å². The molecule has 0 fully saturated rings. The Morgan fingerprint density at radius 2 is 1.85 bits per heavy atom. The molecule has 0 atom stereocenters. The van der Waals surface area contributed by atoms with E-state index >= 15 is 0 Å². The van der Waals surface area contributed by atoms with Crippen LogP contribution in [0.1, 0.15) is 5.56 Å². The van der Waals surface area contributed by atoms with Gasteiger partial charge in [-0.2, -0.15) is 5.10 Å². The molecule has 0 aliphatic rings. The van der Waals surface area contributed by atoms with Crippen LogP contribution in [-0.4, -0.2) is 36.2 Å². The Balaban J connectivity index is 1.91. The molecule has 142 valence electrons. The zero-order valence-electron chi connectivity index (χ0n) is 15.1. The van der Waals surface area contributed by atoms with Crippen molar-refractivity contribution in [3.63, 3.8) is 0 Å². The van der Waals surface area contributed by atoms with Crippen molar-refractivity contribution >= 4 is 23.8 Å². The molecule has 1 heterocycles. The fraction of sp³-hybridized carbons (Fsp3) is 0.222. The Morgan fingerprint density at radius 3 is 2.56 bits per heavy atom. The van der Waals surface area contributed by atoms with Crippen molar-refractivity contribution in [3.05, 3.63) is 51.8 Å². The van der Waals surface area contributed by atoms with Crippen LogP contribution < -0.4 is 19.6 Å². The molecule has 27 heavy (non-hydrogen) atoms. The van der Waals surface area contributed by atoms with Gasteiger partial charge in [-0.05, 0) is 42.0 Å². The number of nitrogens with one attached hydrogen (secondary N) is 2. The summed E-state index contributed by atoms with van der Waals surface area (Å²) in [4.78, 5) is 0. The van der Waals surface area contributed by atoms with Gasteiger partial charge in [-0.25, -0.2) is 9.77 Å². The van der Waals surface area contributed by atoms with Gasteiger partial charge in [0.15, 0.2) is 17.3 Å². The fourth-order valence-electron chi connectivity index (χ4n) is 2.70. The number of rotatable bonds is 7. The van der Waals surface area contributed by atoms with Crippen LogP contribution in [0.3, 0.4) is 0 Å². The lowest BCUT2D eigenvalue weighted by Crippen LogP contribution is -2.16. The van der Waals surface area contributed by atoms with Gasteiger partial charge in [-0.1, -0.05) is 23.7 Å². The van der Waals surface area contributed by atoms with Gasteiger partial charge >= 0.3 is 0 Å². The first-order valence-corrected chi connectivity index (χ1v) is 8.82. The number of H-pyrrole nitrogens is 1. The predicted molar refractivity (Wildman–Crippen MR) is 107 cm³/mol. The van der Waals surface area contributed by atoms with Gasteiger partial charge in [-0.3, -0.25) is 0 Å². The molecule has 0 spiro atoms. The largest absolute Gasteiger partial charge is 0.496 e. The summed E-state index contributed by atoms with van der Waals surface area (Å²) in [5, 5.41) is 7.59. The molecule has 7 nitrogen and oxygen atoms in total. The number of ether oxygens (including phenoxy) is 3. The molecule has 0 bridgehead atoms. The average molecular weight is 407 g/mol. The SMILES string of the molecule is COc1ccccc1-c1n[nH]c(=S)n1NCc1cc(Cl)c(OC)c(OC)c1. The Kier molecular flexibility index (Phi) is 5.88. The molecule has 0 saturated carbocycles. The van der Waals surface area contributed by atoms with Crippen LogP contribution in [0.5, 0.6) is 17.2 Å². The van der Waals surface area contributed by atoms with Gasteiger partial charge in [0.2, 0.25) is 4.77 Å². The third-order valence-electron chi connectivity index (χ3n) is 3.95. The molecule has 3 aromatic rings. The Hall–Kier alpha value is -2.71. The fourth-order valence-corrected chi connectivity index (χ4v) is 3.20. The number of hydrogen-bond acceptors (Lipinski definition) is 6. The van der Waals surface area contributed by atoms with E-state index in [1.165, 1.54) is 0 Å². The second kappa shape index (κ2) is 8.32. The van der Waals surface area contributed by atoms with E-state index in [0.717, 1.165) is 11.1 Å². The molecule has 3 rings (SSSR count). The number of aromatic nitrogens is 3. The van der Waals surface area contributed by atoms with E-state index < -0.39 is 0 Å². The first-order valence-electron chi connectivity index (χ1n) is 8.04. The van der Waals surface area contributed by atoms with Crippen LogP contribution in [0.4, 0.5) is 0 Å². The van der Waals surface area contributed by atoms with Gasteiger partial charge in [0, 0.05) is 0 Å². The molecular formula is C18H19ClN4O3S. The van der Waals surface area contributed by atoms with Crippen LogP contribution >= 0.6 is 23.8 Å². The van der Waals surface area contributed by atoms with Crippen molar-refractivity contribution in [3.8, 4) is 28.6 Å². The average Bonchev–Trinajstić information content (AvgIpc) is 3.06.